The largest absolute Gasteiger partial charge is 0.298 e. The molecule has 1 heterocycles. The standard InChI is InChI=1S/C18H17ClN2OS/c1-3-11(2)12-7-8-15-16(10-12)23-18(20-15)21-17(22)13-5-4-6-14(19)9-13/h4-11H,3H2,1-2H3,(H,20,21,22). The van der Waals surface area contributed by atoms with Gasteiger partial charge in [0, 0.05) is 10.6 Å². The van der Waals surface area contributed by atoms with Gasteiger partial charge in [0.05, 0.1) is 10.2 Å². The minimum absolute atomic E-state index is 0.200. The van der Waals surface area contributed by atoms with Gasteiger partial charge < -0.3 is 0 Å². The summed E-state index contributed by atoms with van der Waals surface area (Å²) in [5.74, 6) is 0.319. The van der Waals surface area contributed by atoms with Crippen LogP contribution in [-0.2, 0) is 0 Å². The molecule has 0 aliphatic heterocycles. The van der Waals surface area contributed by atoms with Gasteiger partial charge in [-0.25, -0.2) is 4.98 Å². The molecule has 2 aromatic carbocycles. The van der Waals surface area contributed by atoms with Crippen LogP contribution in [0, 0.1) is 0 Å². The molecule has 1 aromatic heterocycles. The summed E-state index contributed by atoms with van der Waals surface area (Å²) in [6, 6.07) is 13.2. The molecule has 0 aliphatic rings. The van der Waals surface area contributed by atoms with E-state index in [9.17, 15) is 4.79 Å². The van der Waals surface area contributed by atoms with Crippen molar-refractivity contribution in [1.29, 1.82) is 0 Å². The Bertz CT molecular complexity index is 859. The van der Waals surface area contributed by atoms with Crippen molar-refractivity contribution in [3.8, 4) is 0 Å². The number of benzene rings is 2. The van der Waals surface area contributed by atoms with E-state index < -0.39 is 0 Å². The molecule has 0 aliphatic carbocycles. The molecule has 118 valence electrons. The number of carbonyl (C=O) groups is 1. The van der Waals surface area contributed by atoms with Gasteiger partial charge in [0.2, 0.25) is 0 Å². The number of fused-ring (bicyclic) bond motifs is 1. The number of carbonyl (C=O) groups excluding carboxylic acids is 1. The Kier molecular flexibility index (Phi) is 4.64. The Morgan fingerprint density at radius 3 is 2.87 bits per heavy atom. The summed E-state index contributed by atoms with van der Waals surface area (Å²) in [5.41, 5.74) is 2.73. The number of thiazole rings is 1. The summed E-state index contributed by atoms with van der Waals surface area (Å²) in [5, 5.41) is 3.99. The van der Waals surface area contributed by atoms with Crippen LogP contribution in [0.15, 0.2) is 42.5 Å². The van der Waals surface area contributed by atoms with Gasteiger partial charge in [0.15, 0.2) is 5.13 Å². The van der Waals surface area contributed by atoms with E-state index in [0.717, 1.165) is 16.6 Å². The van der Waals surface area contributed by atoms with E-state index in [1.54, 1.807) is 24.3 Å². The first-order valence-corrected chi connectivity index (χ1v) is 8.73. The van der Waals surface area contributed by atoms with E-state index in [0.29, 0.717) is 21.6 Å². The van der Waals surface area contributed by atoms with Gasteiger partial charge in [0.1, 0.15) is 0 Å². The molecule has 0 bridgehead atoms. The topological polar surface area (TPSA) is 42.0 Å². The van der Waals surface area contributed by atoms with Crippen molar-refractivity contribution < 1.29 is 4.79 Å². The number of halogens is 1. The van der Waals surface area contributed by atoms with Crippen molar-refractivity contribution in [1.82, 2.24) is 4.98 Å². The van der Waals surface area contributed by atoms with Crippen LogP contribution >= 0.6 is 22.9 Å². The first-order valence-electron chi connectivity index (χ1n) is 7.54. The van der Waals surface area contributed by atoms with E-state index >= 15 is 0 Å². The molecule has 0 spiro atoms. The predicted molar refractivity (Wildman–Crippen MR) is 97.7 cm³/mol. The fourth-order valence-corrected chi connectivity index (χ4v) is 3.44. The summed E-state index contributed by atoms with van der Waals surface area (Å²) in [7, 11) is 0. The van der Waals surface area contributed by atoms with Crippen molar-refractivity contribution >= 4 is 44.2 Å². The lowest BCUT2D eigenvalue weighted by Crippen LogP contribution is -2.11. The number of hydrogen-bond donors (Lipinski definition) is 1. The first-order chi connectivity index (χ1) is 11.1. The van der Waals surface area contributed by atoms with Crippen LogP contribution < -0.4 is 5.32 Å². The van der Waals surface area contributed by atoms with Crippen molar-refractivity contribution in [3.05, 3.63) is 58.6 Å². The van der Waals surface area contributed by atoms with Crippen molar-refractivity contribution in [2.75, 3.05) is 5.32 Å². The molecule has 1 atom stereocenters. The molecule has 3 rings (SSSR count). The highest BCUT2D eigenvalue weighted by molar-refractivity contribution is 7.22. The summed E-state index contributed by atoms with van der Waals surface area (Å²) in [6.07, 6.45) is 1.10. The van der Waals surface area contributed by atoms with Crippen molar-refractivity contribution in [3.63, 3.8) is 0 Å². The smallest absolute Gasteiger partial charge is 0.257 e. The maximum Gasteiger partial charge on any atom is 0.257 e. The van der Waals surface area contributed by atoms with E-state index in [1.807, 2.05) is 6.07 Å². The fourth-order valence-electron chi connectivity index (χ4n) is 2.34. The molecular formula is C18H17ClN2OS. The van der Waals surface area contributed by atoms with Gasteiger partial charge >= 0.3 is 0 Å². The number of aromatic nitrogens is 1. The van der Waals surface area contributed by atoms with Gasteiger partial charge in [-0.2, -0.15) is 0 Å². The second-order valence-corrected chi connectivity index (χ2v) is 6.99. The van der Waals surface area contributed by atoms with Gasteiger partial charge in [-0.1, -0.05) is 48.9 Å². The molecule has 1 unspecified atom stereocenters. The SMILES string of the molecule is CCC(C)c1ccc2nc(NC(=O)c3cccc(Cl)c3)sc2c1. The zero-order valence-electron chi connectivity index (χ0n) is 13.0. The molecule has 1 N–H and O–H groups in total. The highest BCUT2D eigenvalue weighted by Gasteiger charge is 2.11. The van der Waals surface area contributed by atoms with E-state index in [4.69, 9.17) is 11.6 Å². The molecule has 0 radical (unpaired) electrons. The second-order valence-electron chi connectivity index (χ2n) is 5.52. The normalized spacial score (nSPS) is 12.3. The number of anilines is 1. The Labute approximate surface area is 144 Å². The third-order valence-corrected chi connectivity index (χ3v) is 5.07. The maximum atomic E-state index is 12.3. The quantitative estimate of drug-likeness (QED) is 0.658. The number of rotatable bonds is 4. The van der Waals surface area contributed by atoms with E-state index in [-0.39, 0.29) is 5.91 Å². The Balaban J connectivity index is 1.84. The van der Waals surface area contributed by atoms with E-state index in [2.05, 4.69) is 36.3 Å². The predicted octanol–water partition coefficient (Wildman–Crippen LogP) is 5.72. The maximum absolute atomic E-state index is 12.3. The molecule has 23 heavy (non-hydrogen) atoms. The lowest BCUT2D eigenvalue weighted by molar-refractivity contribution is 0.102. The summed E-state index contributed by atoms with van der Waals surface area (Å²) >= 11 is 7.41. The molecule has 0 saturated carbocycles. The Morgan fingerprint density at radius 1 is 1.30 bits per heavy atom. The second kappa shape index (κ2) is 6.69. The molecule has 1 amide bonds. The van der Waals surface area contributed by atoms with Crippen LogP contribution in [0.3, 0.4) is 0 Å². The Hall–Kier alpha value is -1.91. The number of hydrogen-bond acceptors (Lipinski definition) is 3. The van der Waals surface area contributed by atoms with Crippen LogP contribution in [0.25, 0.3) is 10.2 Å². The molecular weight excluding hydrogens is 328 g/mol. The monoisotopic (exact) mass is 344 g/mol. The van der Waals surface area contributed by atoms with Crippen molar-refractivity contribution in [2.24, 2.45) is 0 Å². The summed E-state index contributed by atoms with van der Waals surface area (Å²) in [4.78, 5) is 16.7. The van der Waals surface area contributed by atoms with Crippen LogP contribution in [0.1, 0.15) is 42.1 Å². The molecule has 0 fully saturated rings. The van der Waals surface area contributed by atoms with Crippen LogP contribution in [-0.4, -0.2) is 10.9 Å². The van der Waals surface area contributed by atoms with Gasteiger partial charge in [0.25, 0.3) is 5.91 Å². The third-order valence-electron chi connectivity index (χ3n) is 3.90. The lowest BCUT2D eigenvalue weighted by atomic mass is 9.99. The van der Waals surface area contributed by atoms with Crippen molar-refractivity contribution in [2.45, 2.75) is 26.2 Å². The van der Waals surface area contributed by atoms with Gasteiger partial charge in [-0.15, -0.1) is 0 Å². The number of amides is 1. The fraction of sp³-hybridized carbons (Fsp3) is 0.222. The van der Waals surface area contributed by atoms with Crippen LogP contribution in [0.4, 0.5) is 5.13 Å². The zero-order chi connectivity index (χ0) is 16.4. The van der Waals surface area contributed by atoms with Gasteiger partial charge in [-0.05, 0) is 48.2 Å². The average molecular weight is 345 g/mol. The van der Waals surface area contributed by atoms with Gasteiger partial charge in [-0.3, -0.25) is 10.1 Å². The molecule has 0 saturated heterocycles. The number of nitrogens with one attached hydrogen (secondary N) is 1. The summed E-state index contributed by atoms with van der Waals surface area (Å²) < 4.78 is 1.09. The molecule has 5 heteroatoms. The van der Waals surface area contributed by atoms with Crippen LogP contribution in [0.5, 0.6) is 0 Å². The number of nitrogens with zero attached hydrogens (tertiary/aromatic N) is 1. The first kappa shape index (κ1) is 16.0. The third kappa shape index (κ3) is 3.54. The van der Waals surface area contributed by atoms with Crippen LogP contribution in [0.2, 0.25) is 5.02 Å². The Morgan fingerprint density at radius 2 is 2.13 bits per heavy atom. The molecule has 3 aromatic rings. The molecule has 3 nitrogen and oxygen atoms in total. The summed E-state index contributed by atoms with van der Waals surface area (Å²) in [6.45, 7) is 4.39. The lowest BCUT2D eigenvalue weighted by Gasteiger charge is -2.07. The minimum atomic E-state index is -0.200. The highest BCUT2D eigenvalue weighted by Crippen LogP contribution is 2.30. The zero-order valence-corrected chi connectivity index (χ0v) is 14.5. The average Bonchev–Trinajstić information content (AvgIpc) is 2.95. The van der Waals surface area contributed by atoms with E-state index in [1.165, 1.54) is 16.9 Å². The minimum Gasteiger partial charge on any atom is -0.298 e. The highest BCUT2D eigenvalue weighted by atomic mass is 35.5.